The number of carbonyl (C=O) groups is 1. The van der Waals surface area contributed by atoms with E-state index in [1.54, 1.807) is 32.5 Å². The summed E-state index contributed by atoms with van der Waals surface area (Å²) < 4.78 is 11.7. The van der Waals surface area contributed by atoms with Gasteiger partial charge in [0.2, 0.25) is 5.88 Å². The molecule has 1 aliphatic heterocycles. The molecule has 0 N–H and O–H groups in total. The largest absolute Gasteiger partial charge is 0.484 e. The molecule has 7 heteroatoms. The zero-order valence-electron chi connectivity index (χ0n) is 20.5. The van der Waals surface area contributed by atoms with Gasteiger partial charge in [-0.1, -0.05) is 30.7 Å². The van der Waals surface area contributed by atoms with Crippen molar-refractivity contribution in [3.05, 3.63) is 64.2 Å². The molecule has 1 aromatic carbocycles. The van der Waals surface area contributed by atoms with Crippen LogP contribution in [0.15, 0.2) is 36.7 Å². The quantitative estimate of drug-likeness (QED) is 0.386. The van der Waals surface area contributed by atoms with Gasteiger partial charge in [0.15, 0.2) is 0 Å². The second-order valence-electron chi connectivity index (χ2n) is 9.71. The van der Waals surface area contributed by atoms with E-state index in [0.29, 0.717) is 22.5 Å². The lowest BCUT2D eigenvalue weighted by atomic mass is 9.80. The smallest absolute Gasteiger partial charge is 0.213 e. The van der Waals surface area contributed by atoms with Crippen molar-refractivity contribution < 1.29 is 14.3 Å². The number of aryl methyl sites for hydroxylation is 2. The third-order valence-corrected chi connectivity index (χ3v) is 7.62. The van der Waals surface area contributed by atoms with E-state index in [-0.39, 0.29) is 23.7 Å². The maximum atomic E-state index is 12.2. The Labute approximate surface area is 211 Å². The predicted octanol–water partition coefficient (Wildman–Crippen LogP) is 6.29. The van der Waals surface area contributed by atoms with Crippen LogP contribution in [-0.4, -0.2) is 27.8 Å². The van der Waals surface area contributed by atoms with Gasteiger partial charge in [0.1, 0.15) is 17.6 Å². The third kappa shape index (κ3) is 4.76. The van der Waals surface area contributed by atoms with E-state index in [1.165, 1.54) is 24.0 Å². The van der Waals surface area contributed by atoms with Crippen LogP contribution in [0.5, 0.6) is 11.6 Å². The van der Waals surface area contributed by atoms with Gasteiger partial charge < -0.3 is 9.47 Å². The molecule has 0 radical (unpaired) electrons. The molecule has 0 saturated heterocycles. The number of nitrogens with zero attached hydrogens (tertiary/aromatic N) is 3. The van der Waals surface area contributed by atoms with E-state index in [2.05, 4.69) is 35.1 Å². The van der Waals surface area contributed by atoms with E-state index in [4.69, 9.17) is 26.1 Å². The maximum absolute atomic E-state index is 12.2. The zero-order valence-corrected chi connectivity index (χ0v) is 21.3. The number of aromatic nitrogens is 3. The number of halogens is 1. The highest BCUT2D eigenvalue weighted by molar-refractivity contribution is 6.33. The van der Waals surface area contributed by atoms with Gasteiger partial charge in [0.05, 0.1) is 41.6 Å². The number of hydrogen-bond acceptors (Lipinski definition) is 6. The highest BCUT2D eigenvalue weighted by atomic mass is 35.5. The van der Waals surface area contributed by atoms with Crippen LogP contribution in [0.4, 0.5) is 0 Å². The summed E-state index contributed by atoms with van der Waals surface area (Å²) in [4.78, 5) is 25.8. The number of carbonyl (C=O) groups excluding carboxylic acids is 1. The summed E-state index contributed by atoms with van der Waals surface area (Å²) in [7, 11) is 1.57. The van der Waals surface area contributed by atoms with Gasteiger partial charge in [-0.25, -0.2) is 4.98 Å². The molecule has 2 aromatic heterocycles. The van der Waals surface area contributed by atoms with Crippen molar-refractivity contribution in [2.75, 3.05) is 7.11 Å². The van der Waals surface area contributed by atoms with Crippen molar-refractivity contribution >= 4 is 17.4 Å². The Morgan fingerprint density at radius 1 is 1.17 bits per heavy atom. The first-order valence-corrected chi connectivity index (χ1v) is 12.6. The molecule has 6 nitrogen and oxygen atoms in total. The summed E-state index contributed by atoms with van der Waals surface area (Å²) in [5.41, 5.74) is 5.41. The molecular weight excluding hydrogens is 462 g/mol. The van der Waals surface area contributed by atoms with Crippen molar-refractivity contribution in [2.45, 2.75) is 58.5 Å². The lowest BCUT2D eigenvalue weighted by Gasteiger charge is -2.28. The number of fused-ring (bicyclic) bond motifs is 1. The van der Waals surface area contributed by atoms with Crippen LogP contribution in [0.3, 0.4) is 0 Å². The van der Waals surface area contributed by atoms with Crippen molar-refractivity contribution in [1.29, 1.82) is 0 Å². The minimum atomic E-state index is -0.176. The molecule has 5 rings (SSSR count). The number of Topliss-reactive ketones (excluding diaryl/α,β-unsaturated/α-hetero) is 1. The fraction of sp³-hybridized carbons (Fsp3) is 0.429. The lowest BCUT2D eigenvalue weighted by Crippen LogP contribution is -2.20. The second-order valence-corrected chi connectivity index (χ2v) is 10.1. The highest BCUT2D eigenvalue weighted by Crippen LogP contribution is 2.48. The Bertz CT molecular complexity index is 1270. The minimum Gasteiger partial charge on any atom is -0.484 e. The van der Waals surface area contributed by atoms with Gasteiger partial charge in [0.25, 0.3) is 0 Å². The number of methoxy groups -OCH3 is 1. The Morgan fingerprint density at radius 2 is 1.97 bits per heavy atom. The monoisotopic (exact) mass is 491 g/mol. The number of ether oxygens (including phenoxy) is 2. The highest BCUT2D eigenvalue weighted by Gasteiger charge is 2.38. The zero-order chi connectivity index (χ0) is 24.7. The summed E-state index contributed by atoms with van der Waals surface area (Å²) in [6.07, 6.45) is 7.28. The average Bonchev–Trinajstić information content (AvgIpc) is 3.69. The van der Waals surface area contributed by atoms with Crippen LogP contribution in [0.2, 0.25) is 5.02 Å². The van der Waals surface area contributed by atoms with Crippen molar-refractivity contribution in [3.8, 4) is 22.9 Å². The lowest BCUT2D eigenvalue weighted by molar-refractivity contribution is -0.121. The maximum Gasteiger partial charge on any atom is 0.213 e. The Balaban J connectivity index is 1.41. The summed E-state index contributed by atoms with van der Waals surface area (Å²) in [5.74, 6) is 2.47. The molecule has 0 bridgehead atoms. The summed E-state index contributed by atoms with van der Waals surface area (Å²) >= 11 is 6.38. The van der Waals surface area contributed by atoms with E-state index in [0.717, 1.165) is 35.5 Å². The van der Waals surface area contributed by atoms with E-state index in [1.807, 2.05) is 6.92 Å². The number of rotatable bonds is 7. The fourth-order valence-corrected chi connectivity index (χ4v) is 5.30. The van der Waals surface area contributed by atoms with Gasteiger partial charge in [0, 0.05) is 17.5 Å². The molecule has 1 saturated carbocycles. The predicted molar refractivity (Wildman–Crippen MR) is 135 cm³/mol. The molecule has 3 heterocycles. The molecule has 1 aliphatic carbocycles. The summed E-state index contributed by atoms with van der Waals surface area (Å²) in [6.45, 7) is 5.68. The first-order chi connectivity index (χ1) is 16.9. The number of ketones is 1. The SMILES string of the molecule is COc1cc(-c2ncc(C3CCc4ccc([C@H](C5CC5)[C@H](C)C(C)=O)cc4O3)nc2C)c(Cl)cn1. The first kappa shape index (κ1) is 23.7. The van der Waals surface area contributed by atoms with Gasteiger partial charge >= 0.3 is 0 Å². The Kier molecular flexibility index (Phi) is 6.49. The number of benzene rings is 1. The van der Waals surface area contributed by atoms with E-state index in [9.17, 15) is 4.79 Å². The Morgan fingerprint density at radius 3 is 2.66 bits per heavy atom. The summed E-state index contributed by atoms with van der Waals surface area (Å²) in [5, 5.41) is 0.497. The van der Waals surface area contributed by atoms with Gasteiger partial charge in [-0.05, 0) is 68.6 Å². The molecule has 2 aliphatic rings. The van der Waals surface area contributed by atoms with Gasteiger partial charge in [-0.3, -0.25) is 14.8 Å². The van der Waals surface area contributed by atoms with Crippen LogP contribution >= 0.6 is 11.6 Å². The molecule has 1 unspecified atom stereocenters. The molecule has 0 amide bonds. The van der Waals surface area contributed by atoms with Crippen LogP contribution in [0.1, 0.15) is 67.6 Å². The van der Waals surface area contributed by atoms with Crippen LogP contribution in [0, 0.1) is 18.8 Å². The molecule has 1 fully saturated rings. The van der Waals surface area contributed by atoms with Crippen LogP contribution in [0.25, 0.3) is 11.3 Å². The average molecular weight is 492 g/mol. The van der Waals surface area contributed by atoms with E-state index >= 15 is 0 Å². The van der Waals surface area contributed by atoms with Crippen molar-refractivity contribution in [1.82, 2.24) is 15.0 Å². The van der Waals surface area contributed by atoms with Gasteiger partial charge in [-0.15, -0.1) is 0 Å². The topological polar surface area (TPSA) is 74.2 Å². The standard InChI is InChI=1S/C28H30ClN3O3/c1-15(17(3)33)27(19-6-7-19)20-8-5-18-9-10-24(35-25(18)11-20)23-14-31-28(16(2)32-23)21-12-26(34-4)30-13-22(21)29/h5,8,11-15,19,24,27H,6-7,9-10H2,1-4H3/t15-,24?,27+/m1/s1. The van der Waals surface area contributed by atoms with Crippen molar-refractivity contribution in [3.63, 3.8) is 0 Å². The third-order valence-electron chi connectivity index (χ3n) is 7.32. The van der Waals surface area contributed by atoms with Gasteiger partial charge in [-0.2, -0.15) is 0 Å². The molecule has 3 aromatic rings. The second kappa shape index (κ2) is 9.57. The van der Waals surface area contributed by atoms with Crippen molar-refractivity contribution in [2.24, 2.45) is 11.8 Å². The minimum absolute atomic E-state index is 0.0135. The summed E-state index contributed by atoms with van der Waals surface area (Å²) in [6, 6.07) is 8.28. The fourth-order valence-electron chi connectivity index (χ4n) is 5.11. The Hall–Kier alpha value is -2.99. The number of pyridine rings is 1. The van der Waals surface area contributed by atoms with Crippen LogP contribution in [-0.2, 0) is 11.2 Å². The van der Waals surface area contributed by atoms with Crippen LogP contribution < -0.4 is 9.47 Å². The first-order valence-electron chi connectivity index (χ1n) is 12.2. The molecular formula is C28H30ClN3O3. The molecule has 35 heavy (non-hydrogen) atoms. The molecule has 182 valence electrons. The molecule has 0 spiro atoms. The molecule has 3 atom stereocenters. The normalized spacial score (nSPS) is 18.8. The van der Waals surface area contributed by atoms with E-state index < -0.39 is 0 Å². The number of hydrogen-bond donors (Lipinski definition) is 0.